The number of ether oxygens (including phenoxy) is 1. The van der Waals surface area contributed by atoms with Gasteiger partial charge >= 0.3 is 0 Å². The van der Waals surface area contributed by atoms with Gasteiger partial charge in [-0.25, -0.2) is 14.4 Å². The molecule has 2 N–H and O–H groups in total. The van der Waals surface area contributed by atoms with E-state index < -0.39 is 0 Å². The zero-order valence-electron chi connectivity index (χ0n) is 20.7. The SMILES string of the molecule is CC(C)(C)N1CCC(Oc2cc3nc(Nc4cccc(F)c4)ncc3cc2N2CC[C@@H](O)C2)CC1. The van der Waals surface area contributed by atoms with Gasteiger partial charge < -0.3 is 20.1 Å². The number of hydrogen-bond donors (Lipinski definition) is 2. The monoisotopic (exact) mass is 479 g/mol. The third-order valence-corrected chi connectivity index (χ3v) is 6.93. The fraction of sp³-hybridized carbons (Fsp3) is 0.481. The van der Waals surface area contributed by atoms with E-state index in [0.29, 0.717) is 18.2 Å². The van der Waals surface area contributed by atoms with Gasteiger partial charge in [-0.3, -0.25) is 4.90 Å². The van der Waals surface area contributed by atoms with Crippen LogP contribution in [0.4, 0.5) is 21.7 Å². The Hall–Kier alpha value is -2.97. The van der Waals surface area contributed by atoms with Gasteiger partial charge in [-0.05, 0) is 64.3 Å². The molecule has 2 aliphatic heterocycles. The van der Waals surface area contributed by atoms with Gasteiger partial charge in [0.05, 0.1) is 17.3 Å². The van der Waals surface area contributed by atoms with Crippen molar-refractivity contribution in [3.63, 3.8) is 0 Å². The van der Waals surface area contributed by atoms with E-state index >= 15 is 0 Å². The zero-order chi connectivity index (χ0) is 24.6. The Bertz CT molecular complexity index is 1190. The summed E-state index contributed by atoms with van der Waals surface area (Å²) in [6.07, 6.45) is 4.24. The van der Waals surface area contributed by atoms with Gasteiger partial charge in [0.25, 0.3) is 0 Å². The molecule has 2 aliphatic rings. The summed E-state index contributed by atoms with van der Waals surface area (Å²) in [5.74, 6) is 0.870. The molecule has 0 unspecified atom stereocenters. The topological polar surface area (TPSA) is 73.8 Å². The highest BCUT2D eigenvalue weighted by Crippen LogP contribution is 2.37. The molecule has 1 aromatic heterocycles. The van der Waals surface area contributed by atoms with E-state index in [1.54, 1.807) is 18.3 Å². The number of hydrogen-bond acceptors (Lipinski definition) is 7. The van der Waals surface area contributed by atoms with Crippen LogP contribution < -0.4 is 15.0 Å². The number of fused-ring (bicyclic) bond motifs is 1. The van der Waals surface area contributed by atoms with Crippen LogP contribution in [-0.2, 0) is 0 Å². The van der Waals surface area contributed by atoms with Crippen molar-refractivity contribution in [3.05, 3.63) is 48.4 Å². The molecular weight excluding hydrogens is 445 g/mol. The summed E-state index contributed by atoms with van der Waals surface area (Å²) in [6, 6.07) is 10.3. The molecule has 7 nitrogen and oxygen atoms in total. The molecule has 0 aliphatic carbocycles. The first-order valence-corrected chi connectivity index (χ1v) is 12.4. The molecule has 186 valence electrons. The lowest BCUT2D eigenvalue weighted by Gasteiger charge is -2.41. The van der Waals surface area contributed by atoms with E-state index in [2.05, 4.69) is 51.9 Å². The summed E-state index contributed by atoms with van der Waals surface area (Å²) in [4.78, 5) is 13.8. The van der Waals surface area contributed by atoms with Crippen LogP contribution in [0.2, 0.25) is 0 Å². The van der Waals surface area contributed by atoms with Crippen molar-refractivity contribution in [2.75, 3.05) is 36.4 Å². The highest BCUT2D eigenvalue weighted by molar-refractivity contribution is 5.86. The van der Waals surface area contributed by atoms with Crippen molar-refractivity contribution < 1.29 is 14.2 Å². The van der Waals surface area contributed by atoms with Crippen molar-refractivity contribution in [2.24, 2.45) is 0 Å². The Kier molecular flexibility index (Phi) is 6.51. The Morgan fingerprint density at radius 3 is 2.57 bits per heavy atom. The van der Waals surface area contributed by atoms with E-state index in [1.165, 1.54) is 12.1 Å². The molecule has 0 saturated carbocycles. The van der Waals surface area contributed by atoms with Crippen molar-refractivity contribution in [3.8, 4) is 5.75 Å². The number of piperidine rings is 1. The Morgan fingerprint density at radius 1 is 1.09 bits per heavy atom. The van der Waals surface area contributed by atoms with Crippen LogP contribution >= 0.6 is 0 Å². The van der Waals surface area contributed by atoms with Crippen LogP contribution in [0.15, 0.2) is 42.6 Å². The maximum Gasteiger partial charge on any atom is 0.227 e. The zero-order valence-corrected chi connectivity index (χ0v) is 20.7. The van der Waals surface area contributed by atoms with Crippen LogP contribution in [-0.4, -0.2) is 63.9 Å². The minimum atomic E-state index is -0.331. The third-order valence-electron chi connectivity index (χ3n) is 6.93. The summed E-state index contributed by atoms with van der Waals surface area (Å²) < 4.78 is 20.2. The molecule has 0 bridgehead atoms. The molecule has 2 aromatic carbocycles. The average Bonchev–Trinajstić information content (AvgIpc) is 3.24. The molecule has 0 amide bonds. The van der Waals surface area contributed by atoms with Gasteiger partial charge in [-0.2, -0.15) is 0 Å². The fourth-order valence-electron chi connectivity index (χ4n) is 4.93. The molecule has 1 atom stereocenters. The normalized spacial score (nSPS) is 19.9. The van der Waals surface area contributed by atoms with Crippen LogP contribution in [0.5, 0.6) is 5.75 Å². The second-order valence-corrected chi connectivity index (χ2v) is 10.6. The summed E-state index contributed by atoms with van der Waals surface area (Å²) in [5.41, 5.74) is 2.48. The predicted molar refractivity (Wildman–Crippen MR) is 137 cm³/mol. The number of nitrogens with one attached hydrogen (secondary N) is 1. The molecule has 35 heavy (non-hydrogen) atoms. The average molecular weight is 480 g/mol. The third kappa shape index (κ3) is 5.49. The second kappa shape index (κ2) is 9.59. The molecule has 2 fully saturated rings. The Balaban J connectivity index is 1.42. The summed E-state index contributed by atoms with van der Waals surface area (Å²) in [6.45, 7) is 10.1. The second-order valence-electron chi connectivity index (χ2n) is 10.6. The molecule has 8 heteroatoms. The predicted octanol–water partition coefficient (Wildman–Crippen LogP) is 4.73. The largest absolute Gasteiger partial charge is 0.488 e. The number of β-amino-alcohol motifs (C(OH)–C–C–N with tert-alkyl or cyclic N) is 1. The summed E-state index contributed by atoms with van der Waals surface area (Å²) >= 11 is 0. The number of aliphatic hydroxyl groups excluding tert-OH is 1. The maximum absolute atomic E-state index is 13.6. The number of anilines is 3. The molecule has 5 rings (SSSR count). The van der Waals surface area contributed by atoms with Crippen LogP contribution in [0, 0.1) is 5.82 Å². The van der Waals surface area contributed by atoms with Gasteiger partial charge in [0.2, 0.25) is 5.95 Å². The van der Waals surface area contributed by atoms with Gasteiger partial charge in [0, 0.05) is 55.1 Å². The van der Waals surface area contributed by atoms with E-state index in [0.717, 1.165) is 61.2 Å². The van der Waals surface area contributed by atoms with E-state index in [-0.39, 0.29) is 23.6 Å². The molecule has 0 radical (unpaired) electrons. The standard InChI is InChI=1S/C27H34FN5O2/c1-27(2,3)33-11-8-22(9-12-33)35-25-15-23-18(13-24(25)32-10-7-21(34)17-32)16-29-26(31-23)30-20-6-4-5-19(28)14-20/h4-6,13-16,21-22,34H,7-12,17H2,1-3H3,(H,29,30,31)/t21-/m1/s1. The fourth-order valence-corrected chi connectivity index (χ4v) is 4.93. The van der Waals surface area contributed by atoms with Crippen molar-refractivity contribution >= 4 is 28.2 Å². The highest BCUT2D eigenvalue weighted by Gasteiger charge is 2.29. The van der Waals surface area contributed by atoms with E-state index in [1.807, 2.05) is 6.07 Å². The quantitative estimate of drug-likeness (QED) is 0.548. The number of aliphatic hydroxyl groups is 1. The molecular formula is C27H34FN5O2. The summed E-state index contributed by atoms with van der Waals surface area (Å²) in [5, 5.41) is 14.1. The van der Waals surface area contributed by atoms with Gasteiger partial charge in [0.1, 0.15) is 17.7 Å². The minimum Gasteiger partial charge on any atom is -0.488 e. The van der Waals surface area contributed by atoms with Gasteiger partial charge in [-0.1, -0.05) is 6.07 Å². The minimum absolute atomic E-state index is 0.129. The highest BCUT2D eigenvalue weighted by atomic mass is 19.1. The molecule has 3 aromatic rings. The summed E-state index contributed by atoms with van der Waals surface area (Å²) in [7, 11) is 0. The van der Waals surface area contributed by atoms with Gasteiger partial charge in [-0.15, -0.1) is 0 Å². The number of rotatable bonds is 5. The first kappa shape index (κ1) is 23.8. The first-order chi connectivity index (χ1) is 16.7. The first-order valence-electron chi connectivity index (χ1n) is 12.4. The number of halogens is 1. The number of aromatic nitrogens is 2. The number of nitrogens with zero attached hydrogens (tertiary/aromatic N) is 4. The lowest BCUT2D eigenvalue weighted by Crippen LogP contribution is -2.48. The Labute approximate surface area is 205 Å². The van der Waals surface area contributed by atoms with E-state index in [9.17, 15) is 9.50 Å². The number of likely N-dealkylation sites (tertiary alicyclic amines) is 1. The molecule has 3 heterocycles. The lowest BCUT2D eigenvalue weighted by atomic mass is 9.99. The van der Waals surface area contributed by atoms with Crippen molar-refractivity contribution in [1.29, 1.82) is 0 Å². The lowest BCUT2D eigenvalue weighted by molar-refractivity contribution is 0.0494. The van der Waals surface area contributed by atoms with Crippen LogP contribution in [0.3, 0.4) is 0 Å². The van der Waals surface area contributed by atoms with Crippen molar-refractivity contribution in [2.45, 2.75) is 57.8 Å². The molecule has 2 saturated heterocycles. The van der Waals surface area contributed by atoms with Crippen molar-refractivity contribution in [1.82, 2.24) is 14.9 Å². The molecule has 0 spiro atoms. The Morgan fingerprint density at radius 2 is 1.89 bits per heavy atom. The van der Waals surface area contributed by atoms with E-state index in [4.69, 9.17) is 4.74 Å². The maximum atomic E-state index is 13.6. The van der Waals surface area contributed by atoms with Crippen LogP contribution in [0.25, 0.3) is 10.9 Å². The number of benzene rings is 2. The van der Waals surface area contributed by atoms with Gasteiger partial charge in [0.15, 0.2) is 0 Å². The smallest absolute Gasteiger partial charge is 0.227 e. The van der Waals surface area contributed by atoms with Crippen LogP contribution in [0.1, 0.15) is 40.0 Å².